The molecule has 1 N–H and O–H groups in total. The third-order valence-electron chi connectivity index (χ3n) is 2.93. The first-order valence-electron chi connectivity index (χ1n) is 5.88. The molecule has 1 unspecified atom stereocenters. The molecule has 2 heterocycles. The monoisotopic (exact) mass is 292 g/mol. The fourth-order valence-corrected chi connectivity index (χ4v) is 1.80. The molecule has 2 rings (SSSR count). The molecule has 0 saturated carbocycles. The molecule has 0 bridgehead atoms. The van der Waals surface area contributed by atoms with Crippen LogP contribution in [0.1, 0.15) is 24.2 Å². The molecule has 2 aromatic heterocycles. The van der Waals surface area contributed by atoms with Crippen molar-refractivity contribution in [2.75, 3.05) is 5.32 Å². The van der Waals surface area contributed by atoms with Gasteiger partial charge in [-0.15, -0.1) is 0 Å². The van der Waals surface area contributed by atoms with Crippen LogP contribution in [0.3, 0.4) is 0 Å². The Bertz CT molecular complexity index is 676. The molecule has 1 amide bonds. The van der Waals surface area contributed by atoms with Gasteiger partial charge in [0.15, 0.2) is 0 Å². The van der Waals surface area contributed by atoms with Crippen molar-refractivity contribution in [3.8, 4) is 6.07 Å². The van der Waals surface area contributed by atoms with Crippen molar-refractivity contribution in [1.82, 2.24) is 19.6 Å². The Balaban J connectivity index is 2.20. The molecule has 0 fully saturated rings. The van der Waals surface area contributed by atoms with E-state index in [1.807, 2.05) is 6.07 Å². The number of hydrogen-bond acceptors (Lipinski definition) is 4. The highest BCUT2D eigenvalue weighted by Gasteiger charge is 2.20. The smallest absolute Gasteiger partial charge is 0.250 e. The van der Waals surface area contributed by atoms with Gasteiger partial charge in [0.1, 0.15) is 23.5 Å². The molecule has 0 aliphatic carbocycles. The van der Waals surface area contributed by atoms with Crippen LogP contribution in [-0.4, -0.2) is 25.5 Å². The topological polar surface area (TPSA) is 88.5 Å². The summed E-state index contributed by atoms with van der Waals surface area (Å²) in [6.45, 7) is 3.46. The Morgan fingerprint density at radius 2 is 2.30 bits per heavy atom. The van der Waals surface area contributed by atoms with E-state index in [4.69, 9.17) is 16.9 Å². The number of carbonyl (C=O) groups is 1. The largest absolute Gasteiger partial charge is 0.308 e. The summed E-state index contributed by atoms with van der Waals surface area (Å²) in [7, 11) is 1.65. The first-order valence-corrected chi connectivity index (χ1v) is 6.26. The molecule has 0 aliphatic heterocycles. The number of hydrogen-bond donors (Lipinski definition) is 1. The van der Waals surface area contributed by atoms with Crippen LogP contribution in [0.4, 0.5) is 5.82 Å². The van der Waals surface area contributed by atoms with E-state index in [2.05, 4.69) is 15.5 Å². The molecule has 1 atom stereocenters. The summed E-state index contributed by atoms with van der Waals surface area (Å²) < 4.78 is 2.92. The van der Waals surface area contributed by atoms with E-state index in [1.165, 1.54) is 15.6 Å². The number of aromatic nitrogens is 4. The first-order chi connectivity index (χ1) is 9.43. The van der Waals surface area contributed by atoms with E-state index >= 15 is 0 Å². The summed E-state index contributed by atoms with van der Waals surface area (Å²) in [5.74, 6) is 0.0589. The van der Waals surface area contributed by atoms with Crippen LogP contribution >= 0.6 is 11.6 Å². The summed E-state index contributed by atoms with van der Waals surface area (Å²) in [5, 5.41) is 20.2. The van der Waals surface area contributed by atoms with Gasteiger partial charge >= 0.3 is 0 Å². The summed E-state index contributed by atoms with van der Waals surface area (Å²) in [6.07, 6.45) is 2.99. The quantitative estimate of drug-likeness (QED) is 0.931. The average molecular weight is 293 g/mol. The average Bonchev–Trinajstić information content (AvgIpc) is 2.93. The molecule has 8 heteroatoms. The number of aryl methyl sites for hydroxylation is 2. The number of rotatable bonds is 3. The van der Waals surface area contributed by atoms with E-state index in [9.17, 15) is 4.79 Å². The molecular weight excluding hydrogens is 280 g/mol. The fraction of sp³-hybridized carbons (Fsp3) is 0.333. The Morgan fingerprint density at radius 1 is 1.60 bits per heavy atom. The molecule has 0 aromatic carbocycles. The minimum atomic E-state index is -0.553. The second-order valence-corrected chi connectivity index (χ2v) is 4.76. The molecular formula is C12H13ClN6O. The summed E-state index contributed by atoms with van der Waals surface area (Å²) in [4.78, 5) is 12.2. The predicted octanol–water partition coefficient (Wildman–Crippen LogP) is 1.65. The molecule has 104 valence electrons. The van der Waals surface area contributed by atoms with Crippen molar-refractivity contribution in [3.63, 3.8) is 0 Å². The van der Waals surface area contributed by atoms with Crippen molar-refractivity contribution >= 4 is 23.3 Å². The second-order valence-electron chi connectivity index (χ2n) is 4.35. The van der Waals surface area contributed by atoms with E-state index < -0.39 is 6.04 Å². The highest BCUT2D eigenvalue weighted by molar-refractivity contribution is 6.31. The van der Waals surface area contributed by atoms with E-state index in [0.29, 0.717) is 22.1 Å². The van der Waals surface area contributed by atoms with Gasteiger partial charge in [-0.3, -0.25) is 14.2 Å². The molecule has 2 aromatic rings. The third kappa shape index (κ3) is 2.51. The van der Waals surface area contributed by atoms with Gasteiger partial charge < -0.3 is 5.32 Å². The lowest BCUT2D eigenvalue weighted by Crippen LogP contribution is -2.25. The van der Waals surface area contributed by atoms with Crippen LogP contribution in [0.25, 0.3) is 0 Å². The van der Waals surface area contributed by atoms with E-state index in [-0.39, 0.29) is 5.91 Å². The SMILES string of the molecule is Cc1nn(C(C)C(=O)Nc2c(C#N)cnn2C)cc1Cl. The van der Waals surface area contributed by atoms with Crippen LogP contribution in [-0.2, 0) is 11.8 Å². The van der Waals surface area contributed by atoms with Gasteiger partial charge in [0.25, 0.3) is 0 Å². The van der Waals surface area contributed by atoms with Gasteiger partial charge in [-0.1, -0.05) is 11.6 Å². The van der Waals surface area contributed by atoms with Gasteiger partial charge in [0, 0.05) is 13.2 Å². The highest BCUT2D eigenvalue weighted by Crippen LogP contribution is 2.18. The Morgan fingerprint density at radius 3 is 2.85 bits per heavy atom. The summed E-state index contributed by atoms with van der Waals surface area (Å²) in [5.41, 5.74) is 0.965. The normalized spacial score (nSPS) is 11.9. The van der Waals surface area contributed by atoms with E-state index in [1.54, 1.807) is 27.1 Å². The van der Waals surface area contributed by atoms with E-state index in [0.717, 1.165) is 0 Å². The number of anilines is 1. The number of nitrogens with one attached hydrogen (secondary N) is 1. The van der Waals surface area contributed by atoms with Crippen LogP contribution in [0.5, 0.6) is 0 Å². The van der Waals surface area contributed by atoms with Crippen LogP contribution in [0, 0.1) is 18.3 Å². The highest BCUT2D eigenvalue weighted by atomic mass is 35.5. The van der Waals surface area contributed by atoms with Crippen LogP contribution < -0.4 is 5.32 Å². The number of amides is 1. The van der Waals surface area contributed by atoms with Crippen molar-refractivity contribution < 1.29 is 4.79 Å². The number of nitriles is 1. The zero-order valence-electron chi connectivity index (χ0n) is 11.3. The van der Waals surface area contributed by atoms with Crippen molar-refractivity contribution in [1.29, 1.82) is 5.26 Å². The summed E-state index contributed by atoms with van der Waals surface area (Å²) in [6, 6.07) is 1.42. The van der Waals surface area contributed by atoms with Gasteiger partial charge in [-0.25, -0.2) is 0 Å². The van der Waals surface area contributed by atoms with Crippen molar-refractivity contribution in [2.45, 2.75) is 19.9 Å². The van der Waals surface area contributed by atoms with Crippen molar-refractivity contribution in [3.05, 3.63) is 28.7 Å². The van der Waals surface area contributed by atoms with Gasteiger partial charge in [-0.2, -0.15) is 15.5 Å². The second kappa shape index (κ2) is 5.35. The molecule has 0 spiro atoms. The lowest BCUT2D eigenvalue weighted by Gasteiger charge is -2.12. The van der Waals surface area contributed by atoms with Gasteiger partial charge in [0.2, 0.25) is 5.91 Å². The molecule has 0 aliphatic rings. The summed E-state index contributed by atoms with van der Waals surface area (Å²) >= 11 is 5.92. The van der Waals surface area contributed by atoms with Crippen LogP contribution in [0.2, 0.25) is 5.02 Å². The number of halogens is 1. The van der Waals surface area contributed by atoms with Crippen LogP contribution in [0.15, 0.2) is 12.4 Å². The molecule has 0 saturated heterocycles. The Kier molecular flexibility index (Phi) is 3.77. The maximum absolute atomic E-state index is 12.2. The minimum absolute atomic E-state index is 0.302. The molecule has 0 radical (unpaired) electrons. The maximum atomic E-state index is 12.2. The fourth-order valence-electron chi connectivity index (χ4n) is 1.67. The van der Waals surface area contributed by atoms with Gasteiger partial charge in [0.05, 0.1) is 16.9 Å². The number of nitrogens with zero attached hydrogens (tertiary/aromatic N) is 5. The van der Waals surface area contributed by atoms with Crippen molar-refractivity contribution in [2.24, 2.45) is 7.05 Å². The lowest BCUT2D eigenvalue weighted by molar-refractivity contribution is -0.119. The molecule has 7 nitrogen and oxygen atoms in total. The number of carbonyl (C=O) groups excluding carboxylic acids is 1. The minimum Gasteiger partial charge on any atom is -0.308 e. The zero-order valence-corrected chi connectivity index (χ0v) is 12.0. The lowest BCUT2D eigenvalue weighted by atomic mass is 10.3. The zero-order chi connectivity index (χ0) is 14.9. The van der Waals surface area contributed by atoms with Gasteiger partial charge in [-0.05, 0) is 13.8 Å². The molecule has 20 heavy (non-hydrogen) atoms. The first kappa shape index (κ1) is 14.1. The Hall–Kier alpha value is -2.33. The Labute approximate surface area is 120 Å². The predicted molar refractivity (Wildman–Crippen MR) is 73.2 cm³/mol. The standard InChI is InChI=1S/C12H13ClN6O/c1-7-10(13)6-19(17-7)8(2)12(20)16-11-9(4-14)5-15-18(11)3/h5-6,8H,1-3H3,(H,16,20). The maximum Gasteiger partial charge on any atom is 0.250 e. The third-order valence-corrected chi connectivity index (χ3v) is 3.30.